The van der Waals surface area contributed by atoms with Gasteiger partial charge in [-0.1, -0.05) is 29.7 Å². The number of nitrogens with two attached hydrogens (primary N) is 1. The van der Waals surface area contributed by atoms with Crippen molar-refractivity contribution in [3.05, 3.63) is 40.5 Å². The molecule has 2 rings (SSSR count). The lowest BCUT2D eigenvalue weighted by Gasteiger charge is -2.09. The Balaban J connectivity index is 2.03. The highest BCUT2D eigenvalue weighted by atomic mass is 35.5. The summed E-state index contributed by atoms with van der Waals surface area (Å²) in [5.74, 6) is 1.67. The van der Waals surface area contributed by atoms with Crippen molar-refractivity contribution < 1.29 is 9.26 Å². The Hall–Kier alpha value is -1.59. The predicted octanol–water partition coefficient (Wildman–Crippen LogP) is 2.88. The van der Waals surface area contributed by atoms with Crippen molar-refractivity contribution in [3.8, 4) is 5.75 Å². The molecule has 0 bridgehead atoms. The van der Waals surface area contributed by atoms with Gasteiger partial charge in [-0.25, -0.2) is 0 Å². The normalized spacial score (nSPS) is 12.4. The molecule has 1 atom stereocenters. The van der Waals surface area contributed by atoms with Gasteiger partial charge in [0.15, 0.2) is 12.4 Å². The summed E-state index contributed by atoms with van der Waals surface area (Å²) in [4.78, 5) is 4.15. The molecule has 0 saturated carbocycles. The van der Waals surface area contributed by atoms with Gasteiger partial charge in [0.1, 0.15) is 5.75 Å². The minimum Gasteiger partial charge on any atom is -0.482 e. The first-order valence-electron chi connectivity index (χ1n) is 6.09. The Morgan fingerprint density at radius 2 is 2.26 bits per heavy atom. The van der Waals surface area contributed by atoms with E-state index in [2.05, 4.69) is 10.1 Å². The van der Waals surface area contributed by atoms with Crippen molar-refractivity contribution in [3.63, 3.8) is 0 Å². The van der Waals surface area contributed by atoms with E-state index in [0.717, 1.165) is 12.0 Å². The van der Waals surface area contributed by atoms with Crippen LogP contribution in [0.4, 0.5) is 0 Å². The second kappa shape index (κ2) is 6.04. The van der Waals surface area contributed by atoms with Gasteiger partial charge in [-0.2, -0.15) is 4.98 Å². The topological polar surface area (TPSA) is 74.2 Å². The molecule has 2 aromatic rings. The zero-order valence-corrected chi connectivity index (χ0v) is 11.6. The molecule has 0 aliphatic heterocycles. The summed E-state index contributed by atoms with van der Waals surface area (Å²) in [6, 6.07) is 5.41. The SMILES string of the molecule is CCc1noc(COc2ccc(C(C)N)cc2Cl)n1. The molecule has 1 aromatic heterocycles. The number of ether oxygens (including phenoxy) is 1. The van der Waals surface area contributed by atoms with Gasteiger partial charge in [-0.05, 0) is 24.6 Å². The van der Waals surface area contributed by atoms with Gasteiger partial charge in [0.05, 0.1) is 5.02 Å². The molecule has 5 nitrogen and oxygen atoms in total. The zero-order valence-electron chi connectivity index (χ0n) is 10.9. The smallest absolute Gasteiger partial charge is 0.264 e. The number of hydrogen-bond donors (Lipinski definition) is 1. The summed E-state index contributed by atoms with van der Waals surface area (Å²) in [5, 5.41) is 4.31. The fourth-order valence-corrected chi connectivity index (χ4v) is 1.79. The summed E-state index contributed by atoms with van der Waals surface area (Å²) in [6.07, 6.45) is 0.730. The van der Waals surface area contributed by atoms with Gasteiger partial charge in [-0.3, -0.25) is 0 Å². The van der Waals surface area contributed by atoms with Crippen LogP contribution in [0.15, 0.2) is 22.7 Å². The van der Waals surface area contributed by atoms with Gasteiger partial charge in [0.2, 0.25) is 0 Å². The number of benzene rings is 1. The summed E-state index contributed by atoms with van der Waals surface area (Å²) in [7, 11) is 0. The molecule has 0 aliphatic rings. The number of nitrogens with zero attached hydrogens (tertiary/aromatic N) is 2. The van der Waals surface area contributed by atoms with Crippen LogP contribution in [-0.2, 0) is 13.0 Å². The van der Waals surface area contributed by atoms with Gasteiger partial charge in [0, 0.05) is 12.5 Å². The molecule has 0 spiro atoms. The molecule has 6 heteroatoms. The zero-order chi connectivity index (χ0) is 13.8. The maximum absolute atomic E-state index is 6.12. The van der Waals surface area contributed by atoms with Gasteiger partial charge >= 0.3 is 0 Å². The fourth-order valence-electron chi connectivity index (χ4n) is 1.55. The van der Waals surface area contributed by atoms with Crippen LogP contribution in [0.25, 0.3) is 0 Å². The summed E-state index contributed by atoms with van der Waals surface area (Å²) in [5.41, 5.74) is 6.74. The van der Waals surface area contributed by atoms with Crippen molar-refractivity contribution in [2.75, 3.05) is 0 Å². The Morgan fingerprint density at radius 1 is 1.47 bits per heavy atom. The van der Waals surface area contributed by atoms with Gasteiger partial charge < -0.3 is 15.0 Å². The Kier molecular flexibility index (Phi) is 4.39. The van der Waals surface area contributed by atoms with Crippen molar-refractivity contribution in [2.24, 2.45) is 5.73 Å². The third-order valence-corrected chi connectivity index (χ3v) is 2.95. The summed E-state index contributed by atoms with van der Waals surface area (Å²) >= 11 is 6.12. The lowest BCUT2D eigenvalue weighted by molar-refractivity contribution is 0.242. The van der Waals surface area contributed by atoms with Crippen LogP contribution in [0.2, 0.25) is 5.02 Å². The van der Waals surface area contributed by atoms with Crippen LogP contribution in [0.5, 0.6) is 5.75 Å². The van der Waals surface area contributed by atoms with Crippen molar-refractivity contribution >= 4 is 11.6 Å². The van der Waals surface area contributed by atoms with Crippen LogP contribution < -0.4 is 10.5 Å². The van der Waals surface area contributed by atoms with E-state index in [-0.39, 0.29) is 12.6 Å². The van der Waals surface area contributed by atoms with E-state index >= 15 is 0 Å². The monoisotopic (exact) mass is 281 g/mol. The molecule has 2 N–H and O–H groups in total. The summed E-state index contributed by atoms with van der Waals surface area (Å²) < 4.78 is 10.6. The molecule has 1 aromatic carbocycles. The molecular formula is C13H16ClN3O2. The summed E-state index contributed by atoms with van der Waals surface area (Å²) in [6.45, 7) is 4.06. The highest BCUT2D eigenvalue weighted by Gasteiger charge is 2.09. The van der Waals surface area contributed by atoms with Gasteiger partial charge in [0.25, 0.3) is 5.89 Å². The molecule has 0 saturated heterocycles. The number of halogens is 1. The average Bonchev–Trinajstić information content (AvgIpc) is 2.85. The minimum atomic E-state index is -0.0606. The van der Waals surface area contributed by atoms with E-state index in [4.69, 9.17) is 26.6 Å². The quantitative estimate of drug-likeness (QED) is 0.912. The molecule has 1 unspecified atom stereocenters. The van der Waals surface area contributed by atoms with E-state index in [1.165, 1.54) is 0 Å². The van der Waals surface area contributed by atoms with E-state index < -0.39 is 0 Å². The molecule has 102 valence electrons. The van der Waals surface area contributed by atoms with E-state index in [9.17, 15) is 0 Å². The maximum Gasteiger partial charge on any atom is 0.264 e. The number of rotatable bonds is 5. The number of aryl methyl sites for hydroxylation is 1. The molecule has 19 heavy (non-hydrogen) atoms. The molecule has 0 aliphatic carbocycles. The third-order valence-electron chi connectivity index (χ3n) is 2.66. The van der Waals surface area contributed by atoms with Crippen molar-refractivity contribution in [1.82, 2.24) is 10.1 Å². The second-order valence-electron chi connectivity index (χ2n) is 4.23. The number of aromatic nitrogens is 2. The fraction of sp³-hybridized carbons (Fsp3) is 0.385. The van der Waals surface area contributed by atoms with E-state index in [0.29, 0.717) is 22.5 Å². The van der Waals surface area contributed by atoms with Gasteiger partial charge in [-0.15, -0.1) is 0 Å². The largest absolute Gasteiger partial charge is 0.482 e. The Morgan fingerprint density at radius 3 is 2.84 bits per heavy atom. The van der Waals surface area contributed by atoms with Crippen LogP contribution in [-0.4, -0.2) is 10.1 Å². The van der Waals surface area contributed by atoms with Crippen molar-refractivity contribution in [1.29, 1.82) is 0 Å². The van der Waals surface area contributed by atoms with E-state index in [1.807, 2.05) is 19.9 Å². The first-order chi connectivity index (χ1) is 9.10. The first kappa shape index (κ1) is 13.8. The molecular weight excluding hydrogens is 266 g/mol. The van der Waals surface area contributed by atoms with E-state index in [1.54, 1.807) is 12.1 Å². The minimum absolute atomic E-state index is 0.0606. The maximum atomic E-state index is 6.12. The first-order valence-corrected chi connectivity index (χ1v) is 6.47. The standard InChI is InChI=1S/C13H16ClN3O2/c1-3-12-16-13(19-17-12)7-18-11-5-4-9(8(2)15)6-10(11)14/h4-6,8H,3,7,15H2,1-2H3. The molecule has 1 heterocycles. The van der Waals surface area contributed by atoms with Crippen LogP contribution >= 0.6 is 11.6 Å². The molecule has 0 amide bonds. The predicted molar refractivity (Wildman–Crippen MR) is 72.1 cm³/mol. The lowest BCUT2D eigenvalue weighted by atomic mass is 10.1. The van der Waals surface area contributed by atoms with Crippen LogP contribution in [0.3, 0.4) is 0 Å². The molecule has 0 fully saturated rings. The highest BCUT2D eigenvalue weighted by Crippen LogP contribution is 2.27. The lowest BCUT2D eigenvalue weighted by Crippen LogP contribution is -2.05. The molecule has 0 radical (unpaired) electrons. The number of hydrogen-bond acceptors (Lipinski definition) is 5. The van der Waals surface area contributed by atoms with Crippen molar-refractivity contribution in [2.45, 2.75) is 32.9 Å². The van der Waals surface area contributed by atoms with Crippen LogP contribution in [0.1, 0.15) is 37.2 Å². The van der Waals surface area contributed by atoms with Crippen LogP contribution in [0, 0.1) is 0 Å². The third kappa shape index (κ3) is 3.45. The Bertz CT molecular complexity index is 555. The highest BCUT2D eigenvalue weighted by molar-refractivity contribution is 6.32. The second-order valence-corrected chi connectivity index (χ2v) is 4.63. The average molecular weight is 282 g/mol. The Labute approximate surface area is 116 Å².